The topological polar surface area (TPSA) is 29.1 Å². The molecule has 0 fully saturated rings. The fourth-order valence-electron chi connectivity index (χ4n) is 2.14. The molecule has 0 aliphatic carbocycles. The van der Waals surface area contributed by atoms with Crippen molar-refractivity contribution in [2.45, 2.75) is 36.5 Å². The van der Waals surface area contributed by atoms with Crippen LogP contribution in [0.25, 0.3) is 0 Å². The minimum atomic E-state index is -0.281. The third-order valence-corrected chi connectivity index (χ3v) is 5.11. The lowest BCUT2D eigenvalue weighted by atomic mass is 10.1. The zero-order valence-corrected chi connectivity index (χ0v) is 14.6. The first kappa shape index (κ1) is 17.8. The van der Waals surface area contributed by atoms with Crippen molar-refractivity contribution < 1.29 is 9.18 Å². The minimum absolute atomic E-state index is 0.0238. The first-order valence-corrected chi connectivity index (χ1v) is 8.73. The fourth-order valence-corrected chi connectivity index (χ4v) is 3.23. The van der Waals surface area contributed by atoms with Crippen LogP contribution in [0.5, 0.6) is 0 Å². The third kappa shape index (κ3) is 5.26. The van der Waals surface area contributed by atoms with E-state index in [1.165, 1.54) is 23.9 Å². The number of rotatable bonds is 6. The van der Waals surface area contributed by atoms with E-state index in [2.05, 4.69) is 5.32 Å². The van der Waals surface area contributed by atoms with E-state index in [0.29, 0.717) is 5.02 Å². The molecule has 2 aromatic rings. The third-order valence-electron chi connectivity index (χ3n) is 3.48. The van der Waals surface area contributed by atoms with Crippen LogP contribution in [-0.2, 0) is 4.79 Å². The lowest BCUT2D eigenvalue weighted by molar-refractivity contribution is -0.121. The summed E-state index contributed by atoms with van der Waals surface area (Å²) < 4.78 is 13.0. The number of carbonyl (C=O) groups is 1. The molecule has 0 spiro atoms. The number of hydrogen-bond donors (Lipinski definition) is 1. The second-order valence-corrected chi connectivity index (χ2v) is 6.96. The van der Waals surface area contributed by atoms with E-state index in [9.17, 15) is 9.18 Å². The Morgan fingerprint density at radius 2 is 1.78 bits per heavy atom. The Hall–Kier alpha value is -1.52. The summed E-state index contributed by atoms with van der Waals surface area (Å²) in [5, 5.41) is 3.49. The summed E-state index contributed by atoms with van der Waals surface area (Å²) in [6.45, 7) is 3.88. The van der Waals surface area contributed by atoms with Gasteiger partial charge < -0.3 is 5.32 Å². The number of hydrogen-bond acceptors (Lipinski definition) is 2. The lowest BCUT2D eigenvalue weighted by Gasteiger charge is -2.19. The van der Waals surface area contributed by atoms with Crippen molar-refractivity contribution in [3.63, 3.8) is 0 Å². The largest absolute Gasteiger partial charge is 0.349 e. The van der Waals surface area contributed by atoms with Gasteiger partial charge in [-0.1, -0.05) is 30.7 Å². The quantitative estimate of drug-likeness (QED) is 0.722. The molecular weight excluding hydrogens is 333 g/mol. The molecule has 2 rings (SSSR count). The second kappa shape index (κ2) is 8.37. The summed E-state index contributed by atoms with van der Waals surface area (Å²) >= 11 is 7.39. The number of benzene rings is 2. The van der Waals surface area contributed by atoms with Gasteiger partial charge in [0.25, 0.3) is 0 Å². The maximum atomic E-state index is 13.0. The zero-order chi connectivity index (χ0) is 16.8. The Morgan fingerprint density at radius 3 is 2.35 bits per heavy atom. The second-order valence-electron chi connectivity index (χ2n) is 5.25. The average Bonchev–Trinajstić information content (AvgIpc) is 2.54. The van der Waals surface area contributed by atoms with Crippen molar-refractivity contribution in [2.24, 2.45) is 0 Å². The van der Waals surface area contributed by atoms with Crippen molar-refractivity contribution in [1.82, 2.24) is 5.32 Å². The highest BCUT2D eigenvalue weighted by Gasteiger charge is 2.20. The van der Waals surface area contributed by atoms with E-state index < -0.39 is 0 Å². The van der Waals surface area contributed by atoms with E-state index in [4.69, 9.17) is 11.6 Å². The number of thioether (sulfide) groups is 1. The average molecular weight is 352 g/mol. The van der Waals surface area contributed by atoms with Crippen molar-refractivity contribution in [3.8, 4) is 0 Å². The van der Waals surface area contributed by atoms with Crippen molar-refractivity contribution >= 4 is 29.3 Å². The molecule has 2 nitrogen and oxygen atoms in total. The van der Waals surface area contributed by atoms with Crippen LogP contribution < -0.4 is 5.32 Å². The molecule has 5 heteroatoms. The molecule has 0 unspecified atom stereocenters. The molecule has 23 heavy (non-hydrogen) atoms. The predicted molar refractivity (Wildman–Crippen MR) is 94.3 cm³/mol. The van der Waals surface area contributed by atoms with Gasteiger partial charge in [-0.2, -0.15) is 0 Å². The number of halogens is 2. The summed E-state index contributed by atoms with van der Waals surface area (Å²) in [5.74, 6) is -0.304. The van der Waals surface area contributed by atoms with Gasteiger partial charge >= 0.3 is 0 Å². The Kier molecular flexibility index (Phi) is 6.48. The Bertz CT molecular complexity index is 645. The maximum absolute atomic E-state index is 13.0. The summed E-state index contributed by atoms with van der Waals surface area (Å²) in [4.78, 5) is 13.5. The first-order valence-electron chi connectivity index (χ1n) is 7.47. The molecule has 0 aliphatic heterocycles. The van der Waals surface area contributed by atoms with E-state index >= 15 is 0 Å². The van der Waals surface area contributed by atoms with Crippen LogP contribution in [0.15, 0.2) is 53.4 Å². The molecule has 1 N–H and O–H groups in total. The molecule has 0 heterocycles. The number of nitrogens with one attached hydrogen (secondary N) is 1. The summed E-state index contributed by atoms with van der Waals surface area (Å²) in [6, 6.07) is 13.5. The van der Waals surface area contributed by atoms with Gasteiger partial charge in [-0.25, -0.2) is 4.39 Å². The fraction of sp³-hybridized carbons (Fsp3) is 0.278. The zero-order valence-electron chi connectivity index (χ0n) is 13.1. The van der Waals surface area contributed by atoms with Crippen LogP contribution in [0.4, 0.5) is 4.39 Å². The van der Waals surface area contributed by atoms with Crippen molar-refractivity contribution in [1.29, 1.82) is 0 Å². The first-order chi connectivity index (χ1) is 11.0. The Labute approximate surface area is 145 Å². The van der Waals surface area contributed by atoms with Gasteiger partial charge in [0, 0.05) is 9.92 Å². The molecule has 1 amide bonds. The molecular formula is C18H19ClFNOS. The Morgan fingerprint density at radius 1 is 1.17 bits per heavy atom. The number of amides is 1. The van der Waals surface area contributed by atoms with Gasteiger partial charge in [-0.05, 0) is 55.3 Å². The van der Waals surface area contributed by atoms with Crippen LogP contribution in [0.1, 0.15) is 31.9 Å². The Balaban J connectivity index is 1.99. The molecule has 0 bridgehead atoms. The van der Waals surface area contributed by atoms with Crippen LogP contribution in [0, 0.1) is 5.82 Å². The predicted octanol–water partition coefficient (Wildman–Crippen LogP) is 5.23. The monoisotopic (exact) mass is 351 g/mol. The van der Waals surface area contributed by atoms with Crippen LogP contribution in [0.3, 0.4) is 0 Å². The maximum Gasteiger partial charge on any atom is 0.233 e. The van der Waals surface area contributed by atoms with Crippen LogP contribution >= 0.6 is 23.4 Å². The van der Waals surface area contributed by atoms with E-state index in [1.54, 1.807) is 12.1 Å². The smallest absolute Gasteiger partial charge is 0.233 e. The lowest BCUT2D eigenvalue weighted by Crippen LogP contribution is -2.34. The SMILES string of the molecule is CC[C@H](Sc1ccc(Cl)cc1)C(=O)N[C@H](C)c1ccc(F)cc1. The molecule has 122 valence electrons. The highest BCUT2D eigenvalue weighted by molar-refractivity contribution is 8.00. The van der Waals surface area contributed by atoms with Crippen LogP contribution in [0.2, 0.25) is 5.02 Å². The summed E-state index contributed by atoms with van der Waals surface area (Å²) in [5.41, 5.74) is 0.881. The van der Waals surface area contributed by atoms with E-state index in [-0.39, 0.29) is 23.0 Å². The van der Waals surface area contributed by atoms with Crippen molar-refractivity contribution in [3.05, 3.63) is 64.9 Å². The van der Waals surface area contributed by atoms with Gasteiger partial charge in [0.2, 0.25) is 5.91 Å². The summed E-state index contributed by atoms with van der Waals surface area (Å²) in [7, 11) is 0. The standard InChI is InChI=1S/C18H19ClFNOS/c1-3-17(23-16-10-6-14(19)7-11-16)18(22)21-12(2)13-4-8-15(20)9-5-13/h4-12,17H,3H2,1-2H3,(H,21,22)/t12-,17+/m1/s1. The molecule has 0 saturated heterocycles. The molecule has 2 atom stereocenters. The molecule has 0 aliphatic rings. The van der Waals surface area contributed by atoms with Gasteiger partial charge in [0.15, 0.2) is 0 Å². The minimum Gasteiger partial charge on any atom is -0.349 e. The molecule has 0 radical (unpaired) electrons. The molecule has 0 saturated carbocycles. The molecule has 2 aromatic carbocycles. The highest BCUT2D eigenvalue weighted by Crippen LogP contribution is 2.27. The van der Waals surface area contributed by atoms with Gasteiger partial charge in [-0.15, -0.1) is 11.8 Å². The van der Waals surface area contributed by atoms with E-state index in [0.717, 1.165) is 16.9 Å². The highest BCUT2D eigenvalue weighted by atomic mass is 35.5. The van der Waals surface area contributed by atoms with Crippen LogP contribution in [-0.4, -0.2) is 11.2 Å². The van der Waals surface area contributed by atoms with Crippen molar-refractivity contribution in [2.75, 3.05) is 0 Å². The normalized spacial score (nSPS) is 13.4. The van der Waals surface area contributed by atoms with E-state index in [1.807, 2.05) is 38.1 Å². The summed E-state index contributed by atoms with van der Waals surface area (Å²) in [6.07, 6.45) is 0.718. The van der Waals surface area contributed by atoms with Gasteiger partial charge in [0.05, 0.1) is 11.3 Å². The van der Waals surface area contributed by atoms with Gasteiger partial charge in [0.1, 0.15) is 5.82 Å². The van der Waals surface area contributed by atoms with Gasteiger partial charge in [-0.3, -0.25) is 4.79 Å². The number of carbonyl (C=O) groups excluding carboxylic acids is 1. The molecule has 0 aromatic heterocycles.